The summed E-state index contributed by atoms with van der Waals surface area (Å²) in [7, 11) is 0. The summed E-state index contributed by atoms with van der Waals surface area (Å²) >= 11 is 0. The number of hydrogen-bond donors (Lipinski definition) is 3. The molecule has 0 saturated heterocycles. The van der Waals surface area contributed by atoms with E-state index < -0.39 is 0 Å². The average Bonchev–Trinajstić information content (AvgIpc) is 3.32. The fourth-order valence-corrected chi connectivity index (χ4v) is 3.05. The Hall–Kier alpha value is -4.04. The van der Waals surface area contributed by atoms with E-state index in [2.05, 4.69) is 25.7 Å². The van der Waals surface area contributed by atoms with Crippen LogP contribution in [0.2, 0.25) is 0 Å². The molecule has 31 heavy (non-hydrogen) atoms. The van der Waals surface area contributed by atoms with Gasteiger partial charge in [0.2, 0.25) is 5.95 Å². The van der Waals surface area contributed by atoms with E-state index in [1.165, 1.54) is 0 Å². The van der Waals surface area contributed by atoms with Crippen molar-refractivity contribution in [1.29, 1.82) is 0 Å². The van der Waals surface area contributed by atoms with Crippen LogP contribution in [0.1, 0.15) is 27.0 Å². The lowest BCUT2D eigenvalue weighted by Gasteiger charge is -2.11. The molecule has 0 fully saturated rings. The molecule has 8 heteroatoms. The molecule has 0 unspecified atom stereocenters. The second-order valence-electron chi connectivity index (χ2n) is 7.11. The Morgan fingerprint density at radius 3 is 2.61 bits per heavy atom. The Kier molecular flexibility index (Phi) is 5.72. The topological polar surface area (TPSA) is 105 Å². The Labute approximate surface area is 179 Å². The summed E-state index contributed by atoms with van der Waals surface area (Å²) in [5, 5.41) is 19.6. The SMILES string of the molecule is Cc1ccc(CO)cc1NC(=O)c1ccc(Nc2ncc(C)c(-n3cccn3)n2)cc1. The Bertz CT molecular complexity index is 1200. The van der Waals surface area contributed by atoms with E-state index >= 15 is 0 Å². The van der Waals surface area contributed by atoms with Gasteiger partial charge in [0.1, 0.15) is 0 Å². The van der Waals surface area contributed by atoms with E-state index in [1.807, 2.05) is 38.2 Å². The van der Waals surface area contributed by atoms with Crippen LogP contribution in [0.15, 0.2) is 67.1 Å². The summed E-state index contributed by atoms with van der Waals surface area (Å²) in [6.45, 7) is 3.75. The second kappa shape index (κ2) is 8.76. The van der Waals surface area contributed by atoms with Crippen molar-refractivity contribution in [3.05, 3.63) is 89.4 Å². The van der Waals surface area contributed by atoms with Crippen LogP contribution in [0.25, 0.3) is 5.82 Å². The number of hydrogen-bond acceptors (Lipinski definition) is 6. The van der Waals surface area contributed by atoms with E-state index in [0.29, 0.717) is 23.0 Å². The van der Waals surface area contributed by atoms with Crippen LogP contribution in [0.5, 0.6) is 0 Å². The molecule has 1 amide bonds. The minimum atomic E-state index is -0.225. The lowest BCUT2D eigenvalue weighted by molar-refractivity contribution is 0.102. The van der Waals surface area contributed by atoms with Crippen molar-refractivity contribution in [2.24, 2.45) is 0 Å². The summed E-state index contributed by atoms with van der Waals surface area (Å²) in [4.78, 5) is 21.5. The highest BCUT2D eigenvalue weighted by Crippen LogP contribution is 2.20. The van der Waals surface area contributed by atoms with Crippen LogP contribution >= 0.6 is 0 Å². The van der Waals surface area contributed by atoms with E-state index in [9.17, 15) is 9.90 Å². The van der Waals surface area contributed by atoms with Crippen molar-refractivity contribution in [2.45, 2.75) is 20.5 Å². The molecule has 8 nitrogen and oxygen atoms in total. The van der Waals surface area contributed by atoms with Crippen molar-refractivity contribution in [3.8, 4) is 5.82 Å². The number of nitrogens with zero attached hydrogens (tertiary/aromatic N) is 4. The number of aliphatic hydroxyl groups is 1. The highest BCUT2D eigenvalue weighted by Gasteiger charge is 2.10. The number of carbonyl (C=O) groups is 1. The summed E-state index contributed by atoms with van der Waals surface area (Å²) in [6, 6.07) is 14.3. The second-order valence-corrected chi connectivity index (χ2v) is 7.11. The molecule has 0 radical (unpaired) electrons. The standard InChI is InChI=1S/C23H22N6O2/c1-15-4-5-17(14-30)12-20(15)27-22(31)18-6-8-19(9-7-18)26-23-24-13-16(2)21(28-23)29-11-3-10-25-29/h3-13,30H,14H2,1-2H3,(H,27,31)(H,24,26,28). The normalized spacial score (nSPS) is 10.7. The molecule has 4 aromatic rings. The third-order valence-electron chi connectivity index (χ3n) is 4.80. The van der Waals surface area contributed by atoms with Gasteiger partial charge in [-0.05, 0) is 61.4 Å². The molecule has 0 aliphatic heterocycles. The smallest absolute Gasteiger partial charge is 0.255 e. The molecule has 2 aromatic carbocycles. The number of aliphatic hydroxyl groups excluding tert-OH is 1. The minimum Gasteiger partial charge on any atom is -0.392 e. The maximum absolute atomic E-state index is 12.6. The number of anilines is 3. The monoisotopic (exact) mass is 414 g/mol. The molecule has 0 bridgehead atoms. The predicted molar refractivity (Wildman–Crippen MR) is 119 cm³/mol. The van der Waals surface area contributed by atoms with Gasteiger partial charge >= 0.3 is 0 Å². The third kappa shape index (κ3) is 4.59. The zero-order valence-corrected chi connectivity index (χ0v) is 17.2. The number of amides is 1. The van der Waals surface area contributed by atoms with Gasteiger partial charge in [0, 0.05) is 41.1 Å². The Morgan fingerprint density at radius 1 is 1.10 bits per heavy atom. The zero-order valence-electron chi connectivity index (χ0n) is 17.2. The number of aryl methyl sites for hydroxylation is 2. The summed E-state index contributed by atoms with van der Waals surface area (Å²) in [6.07, 6.45) is 5.25. The van der Waals surface area contributed by atoms with Gasteiger partial charge in [-0.25, -0.2) is 9.67 Å². The number of benzene rings is 2. The lowest BCUT2D eigenvalue weighted by atomic mass is 10.1. The molecule has 0 atom stereocenters. The van der Waals surface area contributed by atoms with E-state index in [1.54, 1.807) is 47.4 Å². The number of nitrogens with one attached hydrogen (secondary N) is 2. The van der Waals surface area contributed by atoms with Crippen LogP contribution in [0, 0.1) is 13.8 Å². The fraction of sp³-hybridized carbons (Fsp3) is 0.130. The van der Waals surface area contributed by atoms with E-state index in [0.717, 1.165) is 22.4 Å². The molecule has 0 aliphatic rings. The van der Waals surface area contributed by atoms with E-state index in [-0.39, 0.29) is 12.5 Å². The van der Waals surface area contributed by atoms with Gasteiger partial charge in [-0.3, -0.25) is 4.79 Å². The first-order chi connectivity index (χ1) is 15.0. The van der Waals surface area contributed by atoms with Crippen molar-refractivity contribution < 1.29 is 9.90 Å². The van der Waals surface area contributed by atoms with Crippen LogP contribution in [0.4, 0.5) is 17.3 Å². The molecular formula is C23H22N6O2. The summed E-state index contributed by atoms with van der Waals surface area (Å²) < 4.78 is 1.68. The summed E-state index contributed by atoms with van der Waals surface area (Å²) in [5.74, 6) is 0.904. The minimum absolute atomic E-state index is 0.0767. The van der Waals surface area contributed by atoms with Gasteiger partial charge < -0.3 is 15.7 Å². The van der Waals surface area contributed by atoms with E-state index in [4.69, 9.17) is 0 Å². The van der Waals surface area contributed by atoms with Crippen LogP contribution in [-0.2, 0) is 6.61 Å². The van der Waals surface area contributed by atoms with Crippen molar-refractivity contribution in [2.75, 3.05) is 10.6 Å². The highest BCUT2D eigenvalue weighted by atomic mass is 16.3. The van der Waals surface area contributed by atoms with Gasteiger partial charge in [-0.15, -0.1) is 0 Å². The van der Waals surface area contributed by atoms with Gasteiger partial charge in [0.15, 0.2) is 5.82 Å². The summed E-state index contributed by atoms with van der Waals surface area (Å²) in [5.41, 5.74) is 4.52. The first kappa shape index (κ1) is 20.2. The quantitative estimate of drug-likeness (QED) is 0.444. The maximum atomic E-state index is 12.6. The first-order valence-electron chi connectivity index (χ1n) is 9.76. The number of carbonyl (C=O) groups excluding carboxylic acids is 1. The van der Waals surface area contributed by atoms with Crippen molar-refractivity contribution in [3.63, 3.8) is 0 Å². The van der Waals surface area contributed by atoms with Gasteiger partial charge in [0.05, 0.1) is 6.61 Å². The van der Waals surface area contributed by atoms with Crippen molar-refractivity contribution >= 4 is 23.2 Å². The van der Waals surface area contributed by atoms with Crippen molar-refractivity contribution in [1.82, 2.24) is 19.7 Å². The molecule has 0 spiro atoms. The molecule has 0 saturated carbocycles. The van der Waals surface area contributed by atoms with Crippen LogP contribution in [-0.4, -0.2) is 30.8 Å². The maximum Gasteiger partial charge on any atom is 0.255 e. The van der Waals surface area contributed by atoms with Gasteiger partial charge in [-0.2, -0.15) is 10.1 Å². The lowest BCUT2D eigenvalue weighted by Crippen LogP contribution is -2.13. The first-order valence-corrected chi connectivity index (χ1v) is 9.76. The Morgan fingerprint density at radius 2 is 1.90 bits per heavy atom. The molecule has 2 heterocycles. The van der Waals surface area contributed by atoms with Gasteiger partial charge in [0.25, 0.3) is 5.91 Å². The van der Waals surface area contributed by atoms with Gasteiger partial charge in [-0.1, -0.05) is 12.1 Å². The molecule has 2 aromatic heterocycles. The zero-order chi connectivity index (χ0) is 21.8. The molecule has 156 valence electrons. The Balaban J connectivity index is 1.48. The molecular weight excluding hydrogens is 392 g/mol. The molecule has 0 aliphatic carbocycles. The number of aromatic nitrogens is 4. The fourth-order valence-electron chi connectivity index (χ4n) is 3.05. The third-order valence-corrected chi connectivity index (χ3v) is 4.80. The molecule has 4 rings (SSSR count). The average molecular weight is 414 g/mol. The molecule has 3 N–H and O–H groups in total. The number of rotatable bonds is 6. The highest BCUT2D eigenvalue weighted by molar-refractivity contribution is 6.04. The van der Waals surface area contributed by atoms with Crippen LogP contribution in [0.3, 0.4) is 0 Å². The van der Waals surface area contributed by atoms with Crippen LogP contribution < -0.4 is 10.6 Å². The predicted octanol–water partition coefficient (Wildman–Crippen LogP) is 3.77. The largest absolute Gasteiger partial charge is 0.392 e.